The molecule has 1 aromatic rings. The van der Waals surface area contributed by atoms with Crippen LogP contribution in [0.2, 0.25) is 0 Å². The van der Waals surface area contributed by atoms with E-state index in [0.29, 0.717) is 37.6 Å². The van der Waals surface area contributed by atoms with E-state index in [-0.39, 0.29) is 5.57 Å². The molecule has 1 aliphatic heterocycles. The first-order valence-corrected chi connectivity index (χ1v) is 8.27. The summed E-state index contributed by atoms with van der Waals surface area (Å²) in [6, 6.07) is 8.46. The molecule has 0 radical (unpaired) electrons. The Morgan fingerprint density at radius 1 is 1.38 bits per heavy atom. The summed E-state index contributed by atoms with van der Waals surface area (Å²) in [7, 11) is 1.30. The normalized spacial score (nSPS) is 15.0. The number of benzene rings is 1. The Hall–Kier alpha value is -2.89. The number of amides is 1. The highest BCUT2D eigenvalue weighted by molar-refractivity contribution is 5.97. The van der Waals surface area contributed by atoms with Gasteiger partial charge in [0.05, 0.1) is 25.9 Å². The summed E-state index contributed by atoms with van der Waals surface area (Å²) < 4.78 is 9.93. The average Bonchev–Trinajstić information content (AvgIpc) is 2.69. The van der Waals surface area contributed by atoms with Gasteiger partial charge in [0, 0.05) is 38.1 Å². The number of nitrogens with zero attached hydrogens (tertiary/aromatic N) is 2. The Balaban J connectivity index is 1.87. The second-order valence-corrected chi connectivity index (χ2v) is 5.60. The zero-order valence-electron chi connectivity index (χ0n) is 14.7. The molecule has 0 aromatic heterocycles. The zero-order valence-corrected chi connectivity index (χ0v) is 14.7. The molecule has 0 saturated carbocycles. The van der Waals surface area contributed by atoms with Crippen molar-refractivity contribution < 1.29 is 19.1 Å². The molecular formula is C18H22N4O4. The topological polar surface area (TPSA) is 104 Å². The minimum absolute atomic E-state index is 0.0459. The highest BCUT2D eigenvalue weighted by Gasteiger charge is 2.12. The van der Waals surface area contributed by atoms with Gasteiger partial charge in [-0.3, -0.25) is 9.69 Å². The maximum atomic E-state index is 12.1. The Bertz CT molecular complexity index is 705. The van der Waals surface area contributed by atoms with Gasteiger partial charge in [-0.15, -0.1) is 0 Å². The van der Waals surface area contributed by atoms with Crippen LogP contribution in [0.1, 0.15) is 10.4 Å². The summed E-state index contributed by atoms with van der Waals surface area (Å²) >= 11 is 0. The van der Waals surface area contributed by atoms with Crippen molar-refractivity contribution in [1.29, 1.82) is 5.26 Å². The summed E-state index contributed by atoms with van der Waals surface area (Å²) in [5, 5.41) is 14.8. The van der Waals surface area contributed by atoms with E-state index in [1.165, 1.54) is 13.3 Å². The van der Waals surface area contributed by atoms with Crippen LogP contribution in [0.3, 0.4) is 0 Å². The maximum Gasteiger partial charge on any atom is 0.337 e. The fraction of sp³-hybridized carbons (Fsp3) is 0.389. The number of carbonyl (C=O) groups is 2. The smallest absolute Gasteiger partial charge is 0.337 e. The lowest BCUT2D eigenvalue weighted by atomic mass is 10.2. The lowest BCUT2D eigenvalue weighted by molar-refractivity contribution is -0.117. The van der Waals surface area contributed by atoms with Gasteiger partial charge in [-0.05, 0) is 18.2 Å². The Morgan fingerprint density at radius 3 is 2.85 bits per heavy atom. The third-order valence-electron chi connectivity index (χ3n) is 3.85. The molecule has 2 rings (SSSR count). The predicted octanol–water partition coefficient (Wildman–Crippen LogP) is 0.741. The molecule has 1 heterocycles. The molecule has 0 unspecified atom stereocenters. The van der Waals surface area contributed by atoms with Crippen molar-refractivity contribution in [2.24, 2.45) is 0 Å². The van der Waals surface area contributed by atoms with Gasteiger partial charge in [-0.1, -0.05) is 6.07 Å². The summed E-state index contributed by atoms with van der Waals surface area (Å²) in [5.74, 6) is -0.906. The van der Waals surface area contributed by atoms with Gasteiger partial charge in [0.15, 0.2) is 0 Å². The highest BCUT2D eigenvalue weighted by Crippen LogP contribution is 2.12. The average molecular weight is 358 g/mol. The Kier molecular flexibility index (Phi) is 7.61. The lowest BCUT2D eigenvalue weighted by Gasteiger charge is -2.26. The minimum Gasteiger partial charge on any atom is -0.465 e. The van der Waals surface area contributed by atoms with Crippen molar-refractivity contribution in [3.63, 3.8) is 0 Å². The maximum absolute atomic E-state index is 12.1. The number of carbonyl (C=O) groups excluding carboxylic acids is 2. The van der Waals surface area contributed by atoms with E-state index in [4.69, 9.17) is 4.74 Å². The molecule has 8 heteroatoms. The number of rotatable bonds is 7. The Morgan fingerprint density at radius 2 is 2.15 bits per heavy atom. The monoisotopic (exact) mass is 358 g/mol. The number of hydrogen-bond acceptors (Lipinski definition) is 7. The molecule has 1 fully saturated rings. The number of morpholine rings is 1. The first-order chi connectivity index (χ1) is 12.6. The number of nitriles is 1. The SMILES string of the molecule is COC(=O)c1cccc(N/C=C(/C#N)C(=O)NCCN2CCOCC2)c1. The van der Waals surface area contributed by atoms with Crippen LogP contribution in [0.4, 0.5) is 5.69 Å². The first kappa shape index (κ1) is 19.4. The van der Waals surface area contributed by atoms with Crippen LogP contribution in [0.15, 0.2) is 36.0 Å². The third-order valence-corrected chi connectivity index (χ3v) is 3.85. The van der Waals surface area contributed by atoms with Crippen LogP contribution >= 0.6 is 0 Å². The van der Waals surface area contributed by atoms with Gasteiger partial charge in [-0.2, -0.15) is 5.26 Å². The van der Waals surface area contributed by atoms with E-state index >= 15 is 0 Å². The molecule has 8 nitrogen and oxygen atoms in total. The molecule has 26 heavy (non-hydrogen) atoms. The fourth-order valence-electron chi connectivity index (χ4n) is 2.41. The van der Waals surface area contributed by atoms with Gasteiger partial charge in [0.25, 0.3) is 5.91 Å². The van der Waals surface area contributed by atoms with Crippen molar-refractivity contribution in [2.75, 3.05) is 51.8 Å². The predicted molar refractivity (Wildman–Crippen MR) is 95.4 cm³/mol. The Labute approximate surface area is 152 Å². The quantitative estimate of drug-likeness (QED) is 0.421. The van der Waals surface area contributed by atoms with Crippen molar-refractivity contribution in [2.45, 2.75) is 0 Å². The molecule has 2 N–H and O–H groups in total. The zero-order chi connectivity index (χ0) is 18.8. The van der Waals surface area contributed by atoms with Crippen LogP contribution in [0.25, 0.3) is 0 Å². The minimum atomic E-state index is -0.459. The third kappa shape index (κ3) is 5.88. The van der Waals surface area contributed by atoms with E-state index in [0.717, 1.165) is 13.1 Å². The van der Waals surface area contributed by atoms with Crippen molar-refractivity contribution in [3.05, 3.63) is 41.6 Å². The number of nitrogens with one attached hydrogen (secondary N) is 2. The number of ether oxygens (including phenoxy) is 2. The molecule has 0 aliphatic carbocycles. The molecule has 1 aromatic carbocycles. The molecular weight excluding hydrogens is 336 g/mol. The van der Waals surface area contributed by atoms with Crippen molar-refractivity contribution in [1.82, 2.24) is 10.2 Å². The lowest BCUT2D eigenvalue weighted by Crippen LogP contribution is -2.41. The van der Waals surface area contributed by atoms with Crippen LogP contribution in [-0.2, 0) is 14.3 Å². The number of esters is 1. The van der Waals surface area contributed by atoms with E-state index in [1.54, 1.807) is 24.3 Å². The van der Waals surface area contributed by atoms with Gasteiger partial charge in [-0.25, -0.2) is 4.79 Å². The summed E-state index contributed by atoms with van der Waals surface area (Å²) in [4.78, 5) is 25.8. The van der Waals surface area contributed by atoms with Crippen LogP contribution in [-0.4, -0.2) is 63.3 Å². The first-order valence-electron chi connectivity index (χ1n) is 8.27. The van der Waals surface area contributed by atoms with E-state index in [1.807, 2.05) is 6.07 Å². The van der Waals surface area contributed by atoms with Crippen LogP contribution < -0.4 is 10.6 Å². The standard InChI is InChI=1S/C18H22N4O4/c1-25-18(24)14-3-2-4-16(11-14)21-13-15(12-19)17(23)20-5-6-22-7-9-26-10-8-22/h2-4,11,13,21H,5-10H2,1H3,(H,20,23)/b15-13-. The number of methoxy groups -OCH3 is 1. The van der Waals surface area contributed by atoms with Gasteiger partial charge in [0.1, 0.15) is 11.6 Å². The number of hydrogen-bond donors (Lipinski definition) is 2. The van der Waals surface area contributed by atoms with E-state index < -0.39 is 11.9 Å². The van der Waals surface area contributed by atoms with E-state index in [9.17, 15) is 14.9 Å². The van der Waals surface area contributed by atoms with Gasteiger partial charge in [0.2, 0.25) is 0 Å². The molecule has 0 spiro atoms. The molecule has 1 saturated heterocycles. The largest absolute Gasteiger partial charge is 0.465 e. The molecule has 1 aliphatic rings. The summed E-state index contributed by atoms with van der Waals surface area (Å²) in [6.07, 6.45) is 1.32. The van der Waals surface area contributed by atoms with Crippen LogP contribution in [0, 0.1) is 11.3 Å². The molecule has 1 amide bonds. The molecule has 138 valence electrons. The summed E-state index contributed by atoms with van der Waals surface area (Å²) in [6.45, 7) is 4.25. The van der Waals surface area contributed by atoms with Crippen molar-refractivity contribution >= 4 is 17.6 Å². The second kappa shape index (κ2) is 10.2. The van der Waals surface area contributed by atoms with Crippen LogP contribution in [0.5, 0.6) is 0 Å². The summed E-state index contributed by atoms with van der Waals surface area (Å²) in [5.41, 5.74) is 0.900. The highest BCUT2D eigenvalue weighted by atomic mass is 16.5. The van der Waals surface area contributed by atoms with Gasteiger partial charge >= 0.3 is 5.97 Å². The number of anilines is 1. The van der Waals surface area contributed by atoms with Crippen molar-refractivity contribution in [3.8, 4) is 6.07 Å². The fourth-order valence-corrected chi connectivity index (χ4v) is 2.41. The van der Waals surface area contributed by atoms with Gasteiger partial charge < -0.3 is 20.1 Å². The molecule has 0 bridgehead atoms. The second-order valence-electron chi connectivity index (χ2n) is 5.60. The van der Waals surface area contributed by atoms with E-state index in [2.05, 4.69) is 20.3 Å². The molecule has 0 atom stereocenters.